The first kappa shape index (κ1) is 14.7. The van der Waals surface area contributed by atoms with Crippen molar-refractivity contribution in [3.05, 3.63) is 12.2 Å². The normalized spacial score (nSPS) is 16.1. The van der Waals surface area contributed by atoms with Crippen LogP contribution in [-0.2, 0) is 10.1 Å². The summed E-state index contributed by atoms with van der Waals surface area (Å²) in [6.07, 6.45) is 7.23. The summed E-state index contributed by atoms with van der Waals surface area (Å²) >= 11 is 0. The van der Waals surface area contributed by atoms with E-state index in [0.717, 1.165) is 11.5 Å². The Morgan fingerprint density at radius 2 is 1.95 bits per heavy atom. The van der Waals surface area contributed by atoms with Crippen LogP contribution in [0.1, 0.15) is 37.4 Å². The van der Waals surface area contributed by atoms with Crippen LogP contribution in [0.3, 0.4) is 0 Å². The maximum atomic E-state index is 9.19. The van der Waals surface area contributed by atoms with Gasteiger partial charge in [-0.25, -0.2) is 15.0 Å². The van der Waals surface area contributed by atoms with Crippen LogP contribution in [0.25, 0.3) is 11.2 Å². The fourth-order valence-corrected chi connectivity index (χ4v) is 2.24. The molecule has 2 aromatic rings. The number of aromatic nitrogens is 4. The lowest BCUT2D eigenvalue weighted by Crippen LogP contribution is -2.04. The van der Waals surface area contributed by atoms with Gasteiger partial charge in [-0.15, -0.1) is 0 Å². The highest BCUT2D eigenvalue weighted by Crippen LogP contribution is 2.33. The van der Waals surface area contributed by atoms with E-state index in [1.54, 1.807) is 6.33 Å². The summed E-state index contributed by atoms with van der Waals surface area (Å²) < 4.78 is 25.9. The van der Waals surface area contributed by atoms with Crippen molar-refractivity contribution in [3.63, 3.8) is 0 Å². The predicted octanol–water partition coefficient (Wildman–Crippen LogP) is 1.10. The highest BCUT2D eigenvalue weighted by molar-refractivity contribution is 7.85. The molecule has 1 aliphatic carbocycles. The van der Waals surface area contributed by atoms with Crippen molar-refractivity contribution in [2.75, 3.05) is 12.0 Å². The van der Waals surface area contributed by atoms with E-state index < -0.39 is 10.1 Å². The number of nitrogens with one attached hydrogen (secondary N) is 1. The third-order valence-electron chi connectivity index (χ3n) is 3.04. The highest BCUT2D eigenvalue weighted by Gasteiger charge is 2.21. The zero-order valence-corrected chi connectivity index (χ0v) is 11.9. The molecule has 0 aliphatic heterocycles. The number of nitrogen functional groups attached to an aromatic ring is 1. The molecule has 3 rings (SSSR count). The second-order valence-electron chi connectivity index (χ2n) is 4.78. The summed E-state index contributed by atoms with van der Waals surface area (Å²) in [6.45, 7) is 0. The monoisotopic (exact) mass is 299 g/mol. The minimum atomic E-state index is -3.67. The zero-order valence-electron chi connectivity index (χ0n) is 11.1. The molecule has 2 aromatic heterocycles. The van der Waals surface area contributed by atoms with E-state index in [4.69, 9.17) is 10.3 Å². The molecule has 0 spiro atoms. The average Bonchev–Trinajstić information content (AvgIpc) is 2.97. The van der Waals surface area contributed by atoms with Gasteiger partial charge in [0, 0.05) is 5.92 Å². The molecule has 4 N–H and O–H groups in total. The Bertz CT molecular complexity index is 683. The summed E-state index contributed by atoms with van der Waals surface area (Å²) in [7, 11) is -3.67. The van der Waals surface area contributed by atoms with Crippen molar-refractivity contribution in [2.45, 2.75) is 31.6 Å². The number of rotatable bonds is 1. The van der Waals surface area contributed by atoms with Crippen LogP contribution in [0.15, 0.2) is 6.33 Å². The molecule has 0 unspecified atom stereocenters. The van der Waals surface area contributed by atoms with Crippen LogP contribution in [0.5, 0.6) is 0 Å². The van der Waals surface area contributed by atoms with E-state index in [1.165, 1.54) is 25.7 Å². The molecule has 0 saturated heterocycles. The third-order valence-corrected chi connectivity index (χ3v) is 3.04. The van der Waals surface area contributed by atoms with Gasteiger partial charge in [0.05, 0.1) is 12.6 Å². The van der Waals surface area contributed by atoms with Gasteiger partial charge in [0.1, 0.15) is 11.3 Å². The summed E-state index contributed by atoms with van der Waals surface area (Å²) in [5.74, 6) is 1.85. The van der Waals surface area contributed by atoms with E-state index in [0.29, 0.717) is 23.5 Å². The molecule has 110 valence electrons. The molecule has 0 atom stereocenters. The van der Waals surface area contributed by atoms with Crippen LogP contribution >= 0.6 is 0 Å². The maximum Gasteiger partial charge on any atom is 0.261 e. The van der Waals surface area contributed by atoms with E-state index in [1.807, 2.05) is 0 Å². The van der Waals surface area contributed by atoms with Crippen LogP contribution in [0.2, 0.25) is 0 Å². The van der Waals surface area contributed by atoms with E-state index in [2.05, 4.69) is 19.9 Å². The van der Waals surface area contributed by atoms with Crippen LogP contribution in [0, 0.1) is 0 Å². The lowest BCUT2D eigenvalue weighted by atomic mass is 10.1. The first-order valence-corrected chi connectivity index (χ1v) is 8.08. The number of nitrogens with two attached hydrogens (primary N) is 1. The van der Waals surface area contributed by atoms with Crippen LogP contribution in [-0.4, -0.2) is 39.2 Å². The van der Waals surface area contributed by atoms with Crippen molar-refractivity contribution in [2.24, 2.45) is 0 Å². The summed E-state index contributed by atoms with van der Waals surface area (Å²) in [5, 5.41) is 0. The number of anilines is 1. The van der Waals surface area contributed by atoms with Crippen LogP contribution in [0.4, 0.5) is 5.82 Å². The number of H-pyrrole nitrogens is 1. The average molecular weight is 299 g/mol. The van der Waals surface area contributed by atoms with Crippen molar-refractivity contribution >= 4 is 27.1 Å². The molecular formula is C11H17N5O3S. The smallest absolute Gasteiger partial charge is 0.261 e. The molecule has 2 heterocycles. The number of hydrogen-bond donors (Lipinski definition) is 3. The minimum Gasteiger partial charge on any atom is -0.382 e. The largest absolute Gasteiger partial charge is 0.382 e. The lowest BCUT2D eigenvalue weighted by Gasteiger charge is -2.07. The standard InChI is InChI=1S/C10H13N5.CH4O3S/c11-8-7-10(13-5-12-7)15-9(14-8)6-3-1-2-4-6;1-5(2,3)4/h5-6H,1-4H2,(H3,11,12,13,14,15);1H3,(H,2,3,4). The summed E-state index contributed by atoms with van der Waals surface area (Å²) in [4.78, 5) is 15.9. The lowest BCUT2D eigenvalue weighted by molar-refractivity contribution is 0.490. The van der Waals surface area contributed by atoms with Crippen molar-refractivity contribution in [1.29, 1.82) is 0 Å². The fraction of sp³-hybridized carbons (Fsp3) is 0.545. The Hall–Kier alpha value is -1.74. The second kappa shape index (κ2) is 5.71. The Balaban J connectivity index is 0.000000257. The van der Waals surface area contributed by atoms with Crippen molar-refractivity contribution in [1.82, 2.24) is 19.9 Å². The topological polar surface area (TPSA) is 135 Å². The molecule has 0 bridgehead atoms. The van der Waals surface area contributed by atoms with Gasteiger partial charge >= 0.3 is 0 Å². The van der Waals surface area contributed by atoms with Gasteiger partial charge in [0.25, 0.3) is 10.1 Å². The fourth-order valence-electron chi connectivity index (χ4n) is 2.24. The van der Waals surface area contributed by atoms with Gasteiger partial charge in [-0.2, -0.15) is 8.42 Å². The quantitative estimate of drug-likeness (QED) is 0.671. The Morgan fingerprint density at radius 3 is 2.55 bits per heavy atom. The first-order chi connectivity index (χ1) is 9.34. The Kier molecular flexibility index (Phi) is 4.19. The third kappa shape index (κ3) is 3.87. The minimum absolute atomic E-state index is 0.486. The van der Waals surface area contributed by atoms with Gasteiger partial charge in [-0.1, -0.05) is 12.8 Å². The Labute approximate surface area is 116 Å². The first-order valence-electron chi connectivity index (χ1n) is 6.23. The van der Waals surface area contributed by atoms with E-state index in [-0.39, 0.29) is 0 Å². The van der Waals surface area contributed by atoms with Crippen LogP contribution < -0.4 is 5.73 Å². The van der Waals surface area contributed by atoms with Gasteiger partial charge in [0.15, 0.2) is 11.5 Å². The summed E-state index contributed by atoms with van der Waals surface area (Å²) in [5.41, 5.74) is 7.27. The number of hydrogen-bond acceptors (Lipinski definition) is 6. The maximum absolute atomic E-state index is 9.19. The zero-order chi connectivity index (χ0) is 14.8. The molecule has 0 aromatic carbocycles. The highest BCUT2D eigenvalue weighted by atomic mass is 32.2. The van der Waals surface area contributed by atoms with Gasteiger partial charge in [-0.05, 0) is 12.8 Å². The SMILES string of the molecule is CS(=O)(=O)O.Nc1nc(C2CCCC2)nc2[nH]cnc12. The predicted molar refractivity (Wildman–Crippen MR) is 74.8 cm³/mol. The number of fused-ring (bicyclic) bond motifs is 1. The molecule has 1 fully saturated rings. The van der Waals surface area contributed by atoms with Crippen molar-refractivity contribution < 1.29 is 13.0 Å². The van der Waals surface area contributed by atoms with E-state index in [9.17, 15) is 8.42 Å². The molecule has 0 radical (unpaired) electrons. The molecule has 0 amide bonds. The molecule has 9 heteroatoms. The molecule has 1 saturated carbocycles. The molecule has 20 heavy (non-hydrogen) atoms. The van der Waals surface area contributed by atoms with E-state index >= 15 is 0 Å². The molecular weight excluding hydrogens is 282 g/mol. The number of aromatic amines is 1. The molecule has 1 aliphatic rings. The number of imidazole rings is 1. The number of nitrogens with zero attached hydrogens (tertiary/aromatic N) is 3. The van der Waals surface area contributed by atoms with Gasteiger partial charge in [-0.3, -0.25) is 4.55 Å². The molecule has 8 nitrogen and oxygen atoms in total. The summed E-state index contributed by atoms with van der Waals surface area (Å²) in [6, 6.07) is 0. The Morgan fingerprint density at radius 1 is 1.35 bits per heavy atom. The van der Waals surface area contributed by atoms with Gasteiger partial charge < -0.3 is 10.7 Å². The second-order valence-corrected chi connectivity index (χ2v) is 6.25. The van der Waals surface area contributed by atoms with Gasteiger partial charge in [0.2, 0.25) is 0 Å². The van der Waals surface area contributed by atoms with Crippen molar-refractivity contribution in [3.8, 4) is 0 Å².